The van der Waals surface area contributed by atoms with Crippen LogP contribution in [0.25, 0.3) is 0 Å². The molecule has 0 fully saturated rings. The Bertz CT molecular complexity index is 350. The molecule has 0 rings (SSSR count). The van der Waals surface area contributed by atoms with Gasteiger partial charge in [-0.25, -0.2) is 0 Å². The first-order valence-corrected chi connectivity index (χ1v) is 12.7. The zero-order valence-corrected chi connectivity index (χ0v) is 19.9. The zero-order chi connectivity index (χ0) is 22.6. The Morgan fingerprint density at radius 3 is 1.53 bits per heavy atom. The zero-order valence-electron chi connectivity index (χ0n) is 19.9. The van der Waals surface area contributed by atoms with Gasteiger partial charge < -0.3 is 25.5 Å². The highest BCUT2D eigenvalue weighted by Crippen LogP contribution is 2.23. The molecule has 0 heterocycles. The molecule has 5 heteroatoms. The number of unbranched alkanes of at least 4 members (excludes halogenated alkanes) is 10. The number of aliphatic hydroxyl groups excluding tert-OH is 5. The van der Waals surface area contributed by atoms with Crippen LogP contribution in [0.5, 0.6) is 0 Å². The summed E-state index contributed by atoms with van der Waals surface area (Å²) in [6.07, 6.45) is 15.7. The fraction of sp³-hybridized carbons (Fsp3) is 1.00. The fourth-order valence-electron chi connectivity index (χ4n) is 4.15. The molecule has 0 aromatic carbocycles. The molecule has 0 bridgehead atoms. The largest absolute Gasteiger partial charge is 0.394 e. The van der Waals surface area contributed by atoms with E-state index in [2.05, 4.69) is 6.92 Å². The lowest BCUT2D eigenvalue weighted by Gasteiger charge is -2.23. The first kappa shape index (κ1) is 29.8. The van der Waals surface area contributed by atoms with Crippen molar-refractivity contribution in [3.63, 3.8) is 0 Å². The molecule has 0 aromatic heterocycles. The maximum absolute atomic E-state index is 10.2. The van der Waals surface area contributed by atoms with Crippen molar-refractivity contribution >= 4 is 0 Å². The van der Waals surface area contributed by atoms with Crippen LogP contribution in [0.1, 0.15) is 123 Å². The molecule has 0 aliphatic rings. The van der Waals surface area contributed by atoms with E-state index in [-0.39, 0.29) is 18.6 Å². The molecule has 0 aromatic rings. The molecule has 5 N–H and O–H groups in total. The second-order valence-electron chi connectivity index (χ2n) is 9.39. The van der Waals surface area contributed by atoms with E-state index in [1.54, 1.807) is 6.92 Å². The van der Waals surface area contributed by atoms with E-state index in [1.165, 1.54) is 51.4 Å². The minimum Gasteiger partial charge on any atom is -0.394 e. The SMILES string of the molecule is CCCCCCCCCCCC(O)CCCCCC(CC(O)CO)CC(O)C(C)O. The molecule has 5 unspecified atom stereocenters. The summed E-state index contributed by atoms with van der Waals surface area (Å²) in [6.45, 7) is 3.54. The van der Waals surface area contributed by atoms with Gasteiger partial charge in [0.05, 0.1) is 31.0 Å². The molecular weight excluding hydrogens is 380 g/mol. The Labute approximate surface area is 185 Å². The Balaban J connectivity index is 3.74. The lowest BCUT2D eigenvalue weighted by molar-refractivity contribution is 0.00425. The summed E-state index contributed by atoms with van der Waals surface area (Å²) >= 11 is 0. The van der Waals surface area contributed by atoms with Gasteiger partial charge in [-0.2, -0.15) is 0 Å². The van der Waals surface area contributed by atoms with Gasteiger partial charge >= 0.3 is 0 Å². The standard InChI is InChI=1S/C25H52O5/c1-3-4-5-6-7-8-9-10-13-16-23(28)17-14-11-12-15-22(18-24(29)20-26)19-25(30)21(2)27/h21-30H,3-20H2,1-2H3. The van der Waals surface area contributed by atoms with Crippen LogP contribution in [0.4, 0.5) is 0 Å². The van der Waals surface area contributed by atoms with E-state index in [4.69, 9.17) is 5.11 Å². The molecule has 0 amide bonds. The molecule has 5 nitrogen and oxygen atoms in total. The first-order valence-electron chi connectivity index (χ1n) is 12.7. The minimum absolute atomic E-state index is 0.0867. The van der Waals surface area contributed by atoms with E-state index >= 15 is 0 Å². The summed E-state index contributed by atoms with van der Waals surface area (Å²) in [6, 6.07) is 0. The number of hydrogen-bond acceptors (Lipinski definition) is 5. The van der Waals surface area contributed by atoms with Crippen molar-refractivity contribution in [1.29, 1.82) is 0 Å². The van der Waals surface area contributed by atoms with E-state index < -0.39 is 18.3 Å². The normalized spacial score (nSPS) is 16.9. The molecular formula is C25H52O5. The van der Waals surface area contributed by atoms with Crippen LogP contribution in [0.2, 0.25) is 0 Å². The van der Waals surface area contributed by atoms with Crippen molar-refractivity contribution in [3.8, 4) is 0 Å². The average Bonchev–Trinajstić information content (AvgIpc) is 2.71. The van der Waals surface area contributed by atoms with E-state index in [0.29, 0.717) is 12.8 Å². The molecule has 5 atom stereocenters. The molecule has 0 radical (unpaired) electrons. The summed E-state index contributed by atoms with van der Waals surface area (Å²) in [5.74, 6) is 0.0867. The van der Waals surface area contributed by atoms with Gasteiger partial charge in [-0.05, 0) is 38.5 Å². The van der Waals surface area contributed by atoms with Gasteiger partial charge in [0.25, 0.3) is 0 Å². The van der Waals surface area contributed by atoms with Gasteiger partial charge in [-0.15, -0.1) is 0 Å². The third kappa shape index (κ3) is 18.6. The molecule has 0 saturated carbocycles. The van der Waals surface area contributed by atoms with Gasteiger partial charge in [0.1, 0.15) is 0 Å². The van der Waals surface area contributed by atoms with Crippen LogP contribution in [0, 0.1) is 5.92 Å². The number of aliphatic hydroxyl groups is 5. The monoisotopic (exact) mass is 432 g/mol. The summed E-state index contributed by atoms with van der Waals surface area (Å²) < 4.78 is 0. The topological polar surface area (TPSA) is 101 Å². The van der Waals surface area contributed by atoms with Gasteiger partial charge in [-0.1, -0.05) is 90.4 Å². The van der Waals surface area contributed by atoms with Crippen molar-refractivity contribution in [1.82, 2.24) is 0 Å². The molecule has 0 spiro atoms. The van der Waals surface area contributed by atoms with E-state index in [1.807, 2.05) is 0 Å². The Morgan fingerprint density at radius 1 is 0.567 bits per heavy atom. The van der Waals surface area contributed by atoms with Crippen LogP contribution < -0.4 is 0 Å². The third-order valence-corrected chi connectivity index (χ3v) is 6.24. The average molecular weight is 433 g/mol. The highest BCUT2D eigenvalue weighted by molar-refractivity contribution is 4.72. The van der Waals surface area contributed by atoms with Crippen LogP contribution in [0.15, 0.2) is 0 Å². The summed E-state index contributed by atoms with van der Waals surface area (Å²) in [5.41, 5.74) is 0. The van der Waals surface area contributed by atoms with Crippen molar-refractivity contribution in [2.75, 3.05) is 6.61 Å². The summed E-state index contributed by atoms with van der Waals surface area (Å²) in [5, 5.41) is 48.4. The van der Waals surface area contributed by atoms with Crippen LogP contribution >= 0.6 is 0 Å². The van der Waals surface area contributed by atoms with Gasteiger partial charge in [0.2, 0.25) is 0 Å². The maximum Gasteiger partial charge on any atom is 0.0799 e. The second-order valence-corrected chi connectivity index (χ2v) is 9.39. The van der Waals surface area contributed by atoms with Crippen molar-refractivity contribution < 1.29 is 25.5 Å². The number of hydrogen-bond donors (Lipinski definition) is 5. The smallest absolute Gasteiger partial charge is 0.0799 e. The Hall–Kier alpha value is -0.200. The quantitative estimate of drug-likeness (QED) is 0.160. The first-order chi connectivity index (χ1) is 14.4. The van der Waals surface area contributed by atoms with E-state index in [9.17, 15) is 20.4 Å². The van der Waals surface area contributed by atoms with Crippen molar-refractivity contribution in [2.24, 2.45) is 5.92 Å². The highest BCUT2D eigenvalue weighted by Gasteiger charge is 2.20. The summed E-state index contributed by atoms with van der Waals surface area (Å²) in [7, 11) is 0. The van der Waals surface area contributed by atoms with Crippen LogP contribution in [-0.2, 0) is 0 Å². The Kier molecular flexibility index (Phi) is 20.6. The predicted octanol–water partition coefficient (Wildman–Crippen LogP) is 4.71. The molecule has 30 heavy (non-hydrogen) atoms. The molecule has 0 aliphatic heterocycles. The van der Waals surface area contributed by atoms with Crippen LogP contribution in [-0.4, -0.2) is 56.6 Å². The lowest BCUT2D eigenvalue weighted by atomic mass is 9.88. The van der Waals surface area contributed by atoms with Crippen molar-refractivity contribution in [3.05, 3.63) is 0 Å². The molecule has 0 saturated heterocycles. The third-order valence-electron chi connectivity index (χ3n) is 6.24. The Morgan fingerprint density at radius 2 is 1.03 bits per heavy atom. The van der Waals surface area contributed by atoms with Gasteiger partial charge in [0.15, 0.2) is 0 Å². The maximum atomic E-state index is 10.2. The molecule has 182 valence electrons. The number of rotatable bonds is 22. The second kappa shape index (κ2) is 20.7. The highest BCUT2D eigenvalue weighted by atomic mass is 16.3. The minimum atomic E-state index is -0.793. The summed E-state index contributed by atoms with van der Waals surface area (Å²) in [4.78, 5) is 0. The van der Waals surface area contributed by atoms with Gasteiger partial charge in [0, 0.05) is 0 Å². The van der Waals surface area contributed by atoms with E-state index in [0.717, 1.165) is 44.9 Å². The predicted molar refractivity (Wildman–Crippen MR) is 124 cm³/mol. The van der Waals surface area contributed by atoms with Crippen LogP contribution in [0.3, 0.4) is 0 Å². The molecule has 0 aliphatic carbocycles. The van der Waals surface area contributed by atoms with Gasteiger partial charge in [-0.3, -0.25) is 0 Å². The fourth-order valence-corrected chi connectivity index (χ4v) is 4.15. The van der Waals surface area contributed by atoms with Crippen molar-refractivity contribution in [2.45, 2.75) is 147 Å². The lowest BCUT2D eigenvalue weighted by Crippen LogP contribution is -2.28.